The molecule has 1 aliphatic rings. The van der Waals surface area contributed by atoms with E-state index in [-0.39, 0.29) is 12.2 Å². The standard InChI is InChI=1S/C10H11Cl2NO3/c11-6-2-1-5(3-7(6)12)4-8(16-13)9-10(14)15-9/h1-3,8-10,14H,4,13H2. The van der Waals surface area contributed by atoms with Gasteiger partial charge in [-0.3, -0.25) is 4.84 Å². The SMILES string of the molecule is NOC(Cc1ccc(Cl)c(Cl)c1)C1OC1O. The smallest absolute Gasteiger partial charge is 0.184 e. The Balaban J connectivity index is 2.04. The predicted octanol–water partition coefficient (Wildman–Crippen LogP) is 1.51. The van der Waals surface area contributed by atoms with E-state index in [9.17, 15) is 0 Å². The van der Waals surface area contributed by atoms with Crippen LogP contribution in [0, 0.1) is 0 Å². The Morgan fingerprint density at radius 3 is 2.62 bits per heavy atom. The summed E-state index contributed by atoms with van der Waals surface area (Å²) in [7, 11) is 0. The molecule has 6 heteroatoms. The number of aliphatic hydroxyl groups is 1. The highest BCUT2D eigenvalue weighted by atomic mass is 35.5. The average molecular weight is 264 g/mol. The zero-order valence-electron chi connectivity index (χ0n) is 8.27. The monoisotopic (exact) mass is 263 g/mol. The Kier molecular flexibility index (Phi) is 3.69. The fraction of sp³-hybridized carbons (Fsp3) is 0.400. The largest absolute Gasteiger partial charge is 0.366 e. The molecule has 0 amide bonds. The average Bonchev–Trinajstić information content (AvgIpc) is 2.97. The molecule has 4 nitrogen and oxygen atoms in total. The molecule has 1 aromatic carbocycles. The second-order valence-electron chi connectivity index (χ2n) is 3.62. The molecule has 1 fully saturated rings. The maximum atomic E-state index is 9.10. The highest BCUT2D eigenvalue weighted by molar-refractivity contribution is 6.42. The second kappa shape index (κ2) is 4.87. The van der Waals surface area contributed by atoms with Crippen molar-refractivity contribution in [1.29, 1.82) is 0 Å². The summed E-state index contributed by atoms with van der Waals surface area (Å²) < 4.78 is 4.89. The maximum absolute atomic E-state index is 9.10. The van der Waals surface area contributed by atoms with Crippen molar-refractivity contribution in [3.05, 3.63) is 33.8 Å². The first-order valence-electron chi connectivity index (χ1n) is 4.75. The minimum Gasteiger partial charge on any atom is -0.366 e. The van der Waals surface area contributed by atoms with Crippen molar-refractivity contribution in [3.63, 3.8) is 0 Å². The molecule has 3 N–H and O–H groups in total. The molecule has 1 aliphatic heterocycles. The zero-order chi connectivity index (χ0) is 11.7. The first kappa shape index (κ1) is 12.1. The van der Waals surface area contributed by atoms with E-state index < -0.39 is 6.29 Å². The molecule has 3 atom stereocenters. The van der Waals surface area contributed by atoms with E-state index in [0.717, 1.165) is 5.56 Å². The van der Waals surface area contributed by atoms with Gasteiger partial charge in [-0.1, -0.05) is 29.3 Å². The molecule has 3 unspecified atom stereocenters. The lowest BCUT2D eigenvalue weighted by Gasteiger charge is -2.11. The van der Waals surface area contributed by atoms with Gasteiger partial charge in [0, 0.05) is 6.42 Å². The van der Waals surface area contributed by atoms with Crippen LogP contribution in [-0.2, 0) is 16.0 Å². The molecule has 1 heterocycles. The van der Waals surface area contributed by atoms with E-state index in [2.05, 4.69) is 0 Å². The van der Waals surface area contributed by atoms with Crippen LogP contribution in [0.4, 0.5) is 0 Å². The van der Waals surface area contributed by atoms with Crippen LogP contribution < -0.4 is 5.90 Å². The van der Waals surface area contributed by atoms with E-state index >= 15 is 0 Å². The molecule has 1 aromatic rings. The number of rotatable bonds is 4. The summed E-state index contributed by atoms with van der Waals surface area (Å²) in [6.07, 6.45) is -1.02. The van der Waals surface area contributed by atoms with Gasteiger partial charge >= 0.3 is 0 Å². The fourth-order valence-electron chi connectivity index (χ4n) is 1.53. The predicted molar refractivity (Wildman–Crippen MR) is 60.1 cm³/mol. The zero-order valence-corrected chi connectivity index (χ0v) is 9.78. The third-order valence-corrected chi connectivity index (χ3v) is 3.20. The van der Waals surface area contributed by atoms with E-state index in [0.29, 0.717) is 16.5 Å². The molecule has 0 aromatic heterocycles. The van der Waals surface area contributed by atoms with Gasteiger partial charge in [0.05, 0.1) is 10.0 Å². The van der Waals surface area contributed by atoms with Gasteiger partial charge in [-0.15, -0.1) is 0 Å². The van der Waals surface area contributed by atoms with E-state index in [1.165, 1.54) is 0 Å². The summed E-state index contributed by atoms with van der Waals surface area (Å²) in [5.41, 5.74) is 0.924. The van der Waals surface area contributed by atoms with Crippen LogP contribution in [-0.4, -0.2) is 23.6 Å². The summed E-state index contributed by atoms with van der Waals surface area (Å²) >= 11 is 11.7. The highest BCUT2D eigenvalue weighted by Gasteiger charge is 2.44. The summed E-state index contributed by atoms with van der Waals surface area (Å²) in [5, 5.41) is 10.1. The van der Waals surface area contributed by atoms with Gasteiger partial charge in [0.2, 0.25) is 0 Å². The summed E-state index contributed by atoms with van der Waals surface area (Å²) in [6, 6.07) is 5.27. The molecule has 1 saturated heterocycles. The Morgan fingerprint density at radius 2 is 2.12 bits per heavy atom. The lowest BCUT2D eigenvalue weighted by Crippen LogP contribution is -2.27. The first-order valence-corrected chi connectivity index (χ1v) is 5.50. The number of nitrogens with two attached hydrogens (primary N) is 1. The summed E-state index contributed by atoms with van der Waals surface area (Å²) in [5.74, 6) is 5.14. The van der Waals surface area contributed by atoms with Crippen LogP contribution in [0.15, 0.2) is 18.2 Å². The number of ether oxygens (including phenoxy) is 1. The molecule has 0 aliphatic carbocycles. The number of epoxide rings is 1. The number of halogens is 2. The van der Waals surface area contributed by atoms with Gasteiger partial charge in [0.15, 0.2) is 6.29 Å². The maximum Gasteiger partial charge on any atom is 0.184 e. The summed E-state index contributed by atoms with van der Waals surface area (Å²) in [4.78, 5) is 4.76. The van der Waals surface area contributed by atoms with Crippen LogP contribution >= 0.6 is 23.2 Å². The first-order chi connectivity index (χ1) is 7.61. The van der Waals surface area contributed by atoms with Gasteiger partial charge in [0.25, 0.3) is 0 Å². The molecule has 0 spiro atoms. The van der Waals surface area contributed by atoms with Crippen molar-refractivity contribution in [1.82, 2.24) is 0 Å². The van der Waals surface area contributed by atoms with Crippen molar-refractivity contribution in [3.8, 4) is 0 Å². The van der Waals surface area contributed by atoms with E-state index in [1.54, 1.807) is 12.1 Å². The van der Waals surface area contributed by atoms with Gasteiger partial charge in [-0.2, -0.15) is 0 Å². The van der Waals surface area contributed by atoms with Crippen LogP contribution in [0.3, 0.4) is 0 Å². The fourth-order valence-corrected chi connectivity index (χ4v) is 1.85. The van der Waals surface area contributed by atoms with Crippen molar-refractivity contribution >= 4 is 23.2 Å². The normalized spacial score (nSPS) is 25.5. The molecular formula is C10H11Cl2NO3. The third-order valence-electron chi connectivity index (χ3n) is 2.46. The van der Waals surface area contributed by atoms with Crippen LogP contribution in [0.5, 0.6) is 0 Å². The van der Waals surface area contributed by atoms with E-state index in [4.69, 9.17) is 43.8 Å². The van der Waals surface area contributed by atoms with Crippen molar-refractivity contribution in [2.24, 2.45) is 5.90 Å². The van der Waals surface area contributed by atoms with Crippen LogP contribution in [0.1, 0.15) is 5.56 Å². The Bertz CT molecular complexity index is 388. The van der Waals surface area contributed by atoms with Crippen LogP contribution in [0.25, 0.3) is 0 Å². The second-order valence-corrected chi connectivity index (χ2v) is 4.43. The quantitative estimate of drug-likeness (QED) is 0.639. The van der Waals surface area contributed by atoms with Gasteiger partial charge in [0.1, 0.15) is 12.2 Å². The summed E-state index contributed by atoms with van der Waals surface area (Å²) in [6.45, 7) is 0. The number of hydrogen-bond acceptors (Lipinski definition) is 4. The topological polar surface area (TPSA) is 68.0 Å². The molecule has 0 radical (unpaired) electrons. The number of hydrogen-bond donors (Lipinski definition) is 2. The minimum atomic E-state index is -0.781. The minimum absolute atomic E-state index is 0.362. The number of aliphatic hydroxyl groups excluding tert-OH is 1. The van der Waals surface area contributed by atoms with Crippen molar-refractivity contribution in [2.75, 3.05) is 0 Å². The van der Waals surface area contributed by atoms with Crippen LogP contribution in [0.2, 0.25) is 10.0 Å². The molecule has 0 bridgehead atoms. The van der Waals surface area contributed by atoms with Gasteiger partial charge in [-0.25, -0.2) is 5.90 Å². The van der Waals surface area contributed by atoms with E-state index in [1.807, 2.05) is 6.07 Å². The Labute approximate surface area is 103 Å². The third kappa shape index (κ3) is 2.66. The molecular weight excluding hydrogens is 253 g/mol. The van der Waals surface area contributed by atoms with Crippen molar-refractivity contribution < 1.29 is 14.7 Å². The molecule has 16 heavy (non-hydrogen) atoms. The van der Waals surface area contributed by atoms with Gasteiger partial charge in [-0.05, 0) is 17.7 Å². The van der Waals surface area contributed by atoms with Gasteiger partial charge < -0.3 is 9.84 Å². The lowest BCUT2D eigenvalue weighted by atomic mass is 10.1. The molecule has 88 valence electrons. The lowest BCUT2D eigenvalue weighted by molar-refractivity contribution is 0.0330. The highest BCUT2D eigenvalue weighted by Crippen LogP contribution is 2.28. The Morgan fingerprint density at radius 1 is 1.44 bits per heavy atom. The van der Waals surface area contributed by atoms with Crippen molar-refractivity contribution in [2.45, 2.75) is 24.9 Å². The Hall–Kier alpha value is -0.360. The number of benzene rings is 1. The molecule has 0 saturated carbocycles. The molecule has 2 rings (SSSR count).